The zero-order chi connectivity index (χ0) is 25.8. The molecular weight excluding hydrogens is 574 g/mol. The van der Waals surface area contributed by atoms with Crippen molar-refractivity contribution in [2.24, 2.45) is 21.5 Å². The highest BCUT2D eigenvalue weighted by molar-refractivity contribution is 6.35. The molecule has 0 saturated carbocycles. The van der Waals surface area contributed by atoms with E-state index < -0.39 is 0 Å². The Balaban J connectivity index is 0.00000253. The first-order valence-corrected chi connectivity index (χ1v) is 12.4. The number of halogens is 4. The number of ketones is 2. The Kier molecular flexibility index (Phi) is 11.3. The van der Waals surface area contributed by atoms with E-state index in [4.69, 9.17) is 39.1 Å². The first kappa shape index (κ1) is 31.2. The number of fused-ring (bicyclic) bond motifs is 3. The molecule has 2 aromatic carbocycles. The van der Waals surface area contributed by atoms with Crippen LogP contribution in [0.5, 0.6) is 0 Å². The van der Waals surface area contributed by atoms with Crippen molar-refractivity contribution in [2.75, 3.05) is 48.6 Å². The molecule has 13 heteroatoms. The summed E-state index contributed by atoms with van der Waals surface area (Å²) in [5, 5.41) is 7.22. The SMILES string of the molecule is Cc1cc2c(NCCN=C(N)CCl)c3c(c(NCCN=C(N)CCl)c2o1)C(=O)c1ccccc1C3=O.Cl.Cl. The van der Waals surface area contributed by atoms with E-state index in [0.717, 1.165) is 0 Å². The predicted octanol–water partition coefficient (Wildman–Crippen LogP) is 4.38. The molecule has 3 aromatic rings. The van der Waals surface area contributed by atoms with Crippen LogP contribution in [0.1, 0.15) is 37.6 Å². The van der Waals surface area contributed by atoms with E-state index in [1.807, 2.05) is 13.0 Å². The van der Waals surface area contributed by atoms with Gasteiger partial charge in [-0.1, -0.05) is 24.3 Å². The summed E-state index contributed by atoms with van der Waals surface area (Å²) in [6.07, 6.45) is 0. The van der Waals surface area contributed by atoms with Gasteiger partial charge >= 0.3 is 0 Å². The highest BCUT2D eigenvalue weighted by Crippen LogP contribution is 2.44. The zero-order valence-corrected chi connectivity index (χ0v) is 23.6. The van der Waals surface area contributed by atoms with Crippen molar-refractivity contribution in [3.05, 3.63) is 58.3 Å². The lowest BCUT2D eigenvalue weighted by Gasteiger charge is -2.24. The number of hydrogen-bond acceptors (Lipinski definition) is 7. The normalized spacial score (nSPS) is 12.9. The van der Waals surface area contributed by atoms with Crippen LogP contribution in [-0.2, 0) is 0 Å². The molecule has 0 saturated heterocycles. The van der Waals surface area contributed by atoms with Gasteiger partial charge < -0.3 is 26.5 Å². The number of carbonyl (C=O) groups excluding carboxylic acids is 2. The highest BCUT2D eigenvalue weighted by atomic mass is 35.5. The largest absolute Gasteiger partial charge is 0.459 e. The van der Waals surface area contributed by atoms with Crippen molar-refractivity contribution in [1.29, 1.82) is 0 Å². The number of carbonyl (C=O) groups is 2. The molecule has 0 unspecified atom stereocenters. The summed E-state index contributed by atoms with van der Waals surface area (Å²) in [7, 11) is 0. The fourth-order valence-electron chi connectivity index (χ4n) is 4.18. The van der Waals surface area contributed by atoms with Crippen molar-refractivity contribution >= 4 is 93.6 Å². The van der Waals surface area contributed by atoms with Crippen LogP contribution in [0, 0.1) is 6.92 Å². The number of furan rings is 1. The van der Waals surface area contributed by atoms with Crippen molar-refractivity contribution in [1.82, 2.24) is 0 Å². The Labute approximate surface area is 242 Å². The summed E-state index contributed by atoms with van der Waals surface area (Å²) in [5.41, 5.74) is 14.0. The van der Waals surface area contributed by atoms with Crippen molar-refractivity contribution in [2.45, 2.75) is 6.92 Å². The van der Waals surface area contributed by atoms with Crippen LogP contribution < -0.4 is 22.1 Å². The molecule has 38 heavy (non-hydrogen) atoms. The number of alkyl halides is 2. The van der Waals surface area contributed by atoms with E-state index in [-0.39, 0.29) is 59.3 Å². The van der Waals surface area contributed by atoms with Crippen molar-refractivity contribution in [3.8, 4) is 0 Å². The highest BCUT2D eigenvalue weighted by Gasteiger charge is 2.36. The third-order valence-electron chi connectivity index (χ3n) is 5.70. The Bertz CT molecular complexity index is 1300. The fraction of sp³-hybridized carbons (Fsp3) is 0.280. The second-order valence-corrected chi connectivity index (χ2v) is 8.71. The number of benzene rings is 2. The van der Waals surface area contributed by atoms with Crippen LogP contribution in [0.25, 0.3) is 11.0 Å². The van der Waals surface area contributed by atoms with Crippen LogP contribution in [0.15, 0.2) is 44.7 Å². The first-order chi connectivity index (χ1) is 17.4. The summed E-state index contributed by atoms with van der Waals surface area (Å²) >= 11 is 11.4. The molecule has 0 spiro atoms. The number of nitrogens with zero attached hydrogens (tertiary/aromatic N) is 2. The minimum absolute atomic E-state index is 0. The van der Waals surface area contributed by atoms with Gasteiger partial charge in [0, 0.05) is 29.6 Å². The van der Waals surface area contributed by atoms with Gasteiger partial charge in [0.15, 0.2) is 17.1 Å². The lowest BCUT2D eigenvalue weighted by molar-refractivity contribution is 0.0980. The summed E-state index contributed by atoms with van der Waals surface area (Å²) in [4.78, 5) is 35.9. The lowest BCUT2D eigenvalue weighted by atomic mass is 9.81. The fourth-order valence-corrected chi connectivity index (χ4v) is 4.35. The molecule has 0 amide bonds. The maximum atomic E-state index is 13.8. The van der Waals surface area contributed by atoms with E-state index in [9.17, 15) is 9.59 Å². The molecule has 1 aliphatic carbocycles. The van der Waals surface area contributed by atoms with Crippen LogP contribution >= 0.6 is 48.0 Å². The second-order valence-electron chi connectivity index (χ2n) is 8.17. The Morgan fingerprint density at radius 3 is 1.84 bits per heavy atom. The lowest BCUT2D eigenvalue weighted by Crippen LogP contribution is -2.25. The topological polar surface area (TPSA) is 148 Å². The van der Waals surface area contributed by atoms with E-state index in [1.165, 1.54) is 0 Å². The molecule has 4 rings (SSSR count). The van der Waals surface area contributed by atoms with Gasteiger partial charge in [-0.2, -0.15) is 0 Å². The van der Waals surface area contributed by atoms with E-state index >= 15 is 0 Å². The smallest absolute Gasteiger partial charge is 0.196 e. The van der Waals surface area contributed by atoms with Crippen LogP contribution in [-0.4, -0.2) is 61.2 Å². The van der Waals surface area contributed by atoms with Crippen LogP contribution in [0.3, 0.4) is 0 Å². The summed E-state index contributed by atoms with van der Waals surface area (Å²) in [6, 6.07) is 8.63. The standard InChI is InChI=1S/C25H26Cl2N6O3.2ClH/c1-13-10-16-21(32-8-6-30-17(28)11-26)19-20(24(35)15-5-3-2-4-14(15)23(19)34)22(25(16)36-13)33-9-7-31-18(29)12-27;;/h2-5,10,32-33H,6-9,11-12H2,1H3,(H2,28,30)(H2,29,31);2*1H. The molecule has 9 nitrogen and oxygen atoms in total. The second kappa shape index (κ2) is 13.7. The zero-order valence-electron chi connectivity index (χ0n) is 20.5. The molecule has 6 N–H and O–H groups in total. The third kappa shape index (κ3) is 6.18. The van der Waals surface area contributed by atoms with Gasteiger partial charge in [-0.15, -0.1) is 48.0 Å². The number of aliphatic imine (C=N–C) groups is 2. The quantitative estimate of drug-likeness (QED) is 0.0693. The predicted molar refractivity (Wildman–Crippen MR) is 160 cm³/mol. The van der Waals surface area contributed by atoms with Crippen LogP contribution in [0.4, 0.5) is 11.4 Å². The molecule has 0 atom stereocenters. The van der Waals surface area contributed by atoms with Gasteiger partial charge in [0.25, 0.3) is 0 Å². The Morgan fingerprint density at radius 1 is 0.868 bits per heavy atom. The number of nitrogens with one attached hydrogen (secondary N) is 2. The molecule has 1 aliphatic rings. The van der Waals surface area contributed by atoms with Gasteiger partial charge in [-0.3, -0.25) is 19.6 Å². The minimum atomic E-state index is -0.269. The van der Waals surface area contributed by atoms with E-state index in [0.29, 0.717) is 77.1 Å². The monoisotopic (exact) mass is 600 g/mol. The maximum Gasteiger partial charge on any atom is 0.196 e. The maximum absolute atomic E-state index is 13.8. The third-order valence-corrected chi connectivity index (χ3v) is 6.25. The average Bonchev–Trinajstić information content (AvgIpc) is 3.28. The average molecular weight is 602 g/mol. The number of anilines is 2. The van der Waals surface area contributed by atoms with Gasteiger partial charge in [-0.05, 0) is 13.0 Å². The van der Waals surface area contributed by atoms with E-state index in [2.05, 4.69) is 20.6 Å². The van der Waals surface area contributed by atoms with Crippen molar-refractivity contribution in [3.63, 3.8) is 0 Å². The minimum Gasteiger partial charge on any atom is -0.459 e. The Hall–Kier alpha value is -2.98. The Morgan fingerprint density at radius 2 is 1.34 bits per heavy atom. The number of hydrogen-bond donors (Lipinski definition) is 4. The summed E-state index contributed by atoms with van der Waals surface area (Å²) in [6.45, 7) is 3.19. The molecule has 0 radical (unpaired) electrons. The molecule has 1 aromatic heterocycles. The van der Waals surface area contributed by atoms with Crippen molar-refractivity contribution < 1.29 is 14.0 Å². The van der Waals surface area contributed by atoms with Gasteiger partial charge in [0.1, 0.15) is 17.4 Å². The van der Waals surface area contributed by atoms with E-state index in [1.54, 1.807) is 24.3 Å². The van der Waals surface area contributed by atoms with Gasteiger partial charge in [0.2, 0.25) is 0 Å². The molecule has 0 fully saturated rings. The number of nitrogens with two attached hydrogens (primary N) is 2. The molecule has 0 bridgehead atoms. The number of rotatable bonds is 10. The van der Waals surface area contributed by atoms with Gasteiger partial charge in [0.05, 0.1) is 47.4 Å². The first-order valence-electron chi connectivity index (χ1n) is 11.3. The number of aryl methyl sites for hydroxylation is 1. The summed E-state index contributed by atoms with van der Waals surface area (Å²) in [5.74, 6) is 1.01. The summed E-state index contributed by atoms with van der Waals surface area (Å²) < 4.78 is 6.03. The molecular formula is C25H28Cl4N6O3. The van der Waals surface area contributed by atoms with Crippen LogP contribution in [0.2, 0.25) is 0 Å². The van der Waals surface area contributed by atoms with Gasteiger partial charge in [-0.25, -0.2) is 0 Å². The molecule has 1 heterocycles. The molecule has 0 aliphatic heterocycles. The molecule has 204 valence electrons. The number of amidine groups is 2.